The third kappa shape index (κ3) is 5.10. The van der Waals surface area contributed by atoms with E-state index in [4.69, 9.17) is 4.74 Å². The van der Waals surface area contributed by atoms with Gasteiger partial charge in [-0.1, -0.05) is 6.07 Å². The monoisotopic (exact) mass is 431 g/mol. The lowest BCUT2D eigenvalue weighted by molar-refractivity contribution is -0.118. The van der Waals surface area contributed by atoms with Crippen LogP contribution in [-0.2, 0) is 27.9 Å². The summed E-state index contributed by atoms with van der Waals surface area (Å²) in [6.07, 6.45) is 5.28. The summed E-state index contributed by atoms with van der Waals surface area (Å²) in [7, 11) is -3.73. The Balaban J connectivity index is 1.33. The molecule has 2 fully saturated rings. The molecule has 1 aromatic carbocycles. The highest BCUT2D eigenvalue weighted by Gasteiger charge is 2.27. The van der Waals surface area contributed by atoms with E-state index in [1.54, 1.807) is 12.1 Å². The summed E-state index contributed by atoms with van der Waals surface area (Å²) in [5.41, 5.74) is 0.561. The summed E-state index contributed by atoms with van der Waals surface area (Å²) >= 11 is 0. The van der Waals surface area contributed by atoms with Crippen LogP contribution < -0.4 is 14.8 Å². The molecule has 2 aliphatic rings. The molecule has 2 heterocycles. The Bertz CT molecular complexity index is 1050. The third-order valence-electron chi connectivity index (χ3n) is 4.72. The minimum absolute atomic E-state index is 0.0124. The standard InChI is InChI=1S/C19H21N5O5S/c25-18-11-24(19(26)23-18)10-17-20-7-14(8-21-17)9-22-30(27,28)16-3-1-2-15(6-16)29-12-13-4-5-13/h1-3,6-8,13,22H,4-5,9-12H2,(H,23,25,26). The predicted octanol–water partition coefficient (Wildman–Crippen LogP) is 0.796. The number of ether oxygens (including phenoxy) is 1. The van der Waals surface area contributed by atoms with Gasteiger partial charge in [0, 0.05) is 30.6 Å². The second kappa shape index (κ2) is 8.36. The summed E-state index contributed by atoms with van der Waals surface area (Å²) in [4.78, 5) is 32.5. The van der Waals surface area contributed by atoms with Gasteiger partial charge in [-0.3, -0.25) is 10.1 Å². The molecule has 11 heteroatoms. The van der Waals surface area contributed by atoms with Crippen LogP contribution >= 0.6 is 0 Å². The number of benzene rings is 1. The van der Waals surface area contributed by atoms with Crippen molar-refractivity contribution in [2.45, 2.75) is 30.8 Å². The number of carbonyl (C=O) groups is 2. The Labute approximate surface area is 173 Å². The van der Waals surface area contributed by atoms with E-state index >= 15 is 0 Å². The van der Waals surface area contributed by atoms with Crippen LogP contribution in [0.5, 0.6) is 5.75 Å². The first-order valence-corrected chi connectivity index (χ1v) is 11.0. The van der Waals surface area contributed by atoms with Gasteiger partial charge >= 0.3 is 6.03 Å². The molecule has 4 rings (SSSR count). The van der Waals surface area contributed by atoms with Crippen LogP contribution in [0, 0.1) is 5.92 Å². The van der Waals surface area contributed by atoms with Crippen molar-refractivity contribution < 1.29 is 22.7 Å². The summed E-state index contributed by atoms with van der Waals surface area (Å²) in [6.45, 7) is 0.677. The van der Waals surface area contributed by atoms with Crippen molar-refractivity contribution in [1.82, 2.24) is 24.9 Å². The molecule has 1 saturated heterocycles. The zero-order valence-corrected chi connectivity index (χ0v) is 16.9. The normalized spacial score (nSPS) is 16.6. The van der Waals surface area contributed by atoms with Crippen LogP contribution in [0.15, 0.2) is 41.6 Å². The first kappa shape index (κ1) is 20.2. The minimum atomic E-state index is -3.73. The van der Waals surface area contributed by atoms with Gasteiger partial charge < -0.3 is 9.64 Å². The zero-order chi connectivity index (χ0) is 21.1. The van der Waals surface area contributed by atoms with Crippen molar-refractivity contribution in [3.8, 4) is 5.75 Å². The van der Waals surface area contributed by atoms with E-state index in [1.165, 1.54) is 29.4 Å². The Kier molecular flexibility index (Phi) is 5.64. The number of amides is 3. The van der Waals surface area contributed by atoms with Crippen molar-refractivity contribution in [2.75, 3.05) is 13.2 Å². The smallest absolute Gasteiger partial charge is 0.324 e. The number of rotatable bonds is 9. The van der Waals surface area contributed by atoms with E-state index in [2.05, 4.69) is 20.0 Å². The van der Waals surface area contributed by atoms with Crippen LogP contribution in [-0.4, -0.2) is 48.4 Å². The molecule has 1 aromatic heterocycles. The van der Waals surface area contributed by atoms with Gasteiger partial charge in [0.2, 0.25) is 15.9 Å². The molecular weight excluding hydrogens is 410 g/mol. The van der Waals surface area contributed by atoms with Crippen LogP contribution in [0.1, 0.15) is 24.2 Å². The maximum absolute atomic E-state index is 12.6. The Hall–Kier alpha value is -3.05. The molecule has 158 valence electrons. The van der Waals surface area contributed by atoms with Gasteiger partial charge in [-0.2, -0.15) is 0 Å². The molecule has 0 unspecified atom stereocenters. The lowest BCUT2D eigenvalue weighted by Crippen LogP contribution is -2.28. The Morgan fingerprint density at radius 2 is 1.97 bits per heavy atom. The fourth-order valence-electron chi connectivity index (χ4n) is 2.83. The maximum Gasteiger partial charge on any atom is 0.324 e. The van der Waals surface area contributed by atoms with E-state index in [-0.39, 0.29) is 30.4 Å². The van der Waals surface area contributed by atoms with Gasteiger partial charge in [0.25, 0.3) is 0 Å². The highest BCUT2D eigenvalue weighted by atomic mass is 32.2. The van der Waals surface area contributed by atoms with Crippen LogP contribution in [0.3, 0.4) is 0 Å². The Morgan fingerprint density at radius 3 is 2.63 bits per heavy atom. The quantitative estimate of drug-likeness (QED) is 0.562. The first-order valence-electron chi connectivity index (χ1n) is 9.50. The van der Waals surface area contributed by atoms with E-state index < -0.39 is 16.1 Å². The van der Waals surface area contributed by atoms with Gasteiger partial charge in [-0.15, -0.1) is 0 Å². The molecule has 2 aromatic rings. The van der Waals surface area contributed by atoms with Gasteiger partial charge in [-0.05, 0) is 30.9 Å². The molecule has 0 spiro atoms. The molecule has 1 saturated carbocycles. The average Bonchev–Trinajstić information content (AvgIpc) is 3.50. The molecule has 10 nitrogen and oxygen atoms in total. The minimum Gasteiger partial charge on any atom is -0.493 e. The van der Waals surface area contributed by atoms with Crippen molar-refractivity contribution in [3.05, 3.63) is 48.0 Å². The molecule has 30 heavy (non-hydrogen) atoms. The van der Waals surface area contributed by atoms with Crippen LogP contribution in [0.2, 0.25) is 0 Å². The SMILES string of the molecule is O=C1CN(Cc2ncc(CNS(=O)(=O)c3cccc(OCC4CC4)c3)cn2)C(=O)N1. The van der Waals surface area contributed by atoms with E-state index in [1.807, 2.05) is 0 Å². The summed E-state index contributed by atoms with van der Waals surface area (Å²) in [6, 6.07) is 5.92. The largest absolute Gasteiger partial charge is 0.493 e. The first-order chi connectivity index (χ1) is 14.4. The molecule has 1 aliphatic carbocycles. The van der Waals surface area contributed by atoms with Crippen LogP contribution in [0.4, 0.5) is 4.79 Å². The molecule has 3 amide bonds. The maximum atomic E-state index is 12.6. The fraction of sp³-hybridized carbons (Fsp3) is 0.368. The number of hydrogen-bond acceptors (Lipinski definition) is 7. The Morgan fingerprint density at radius 1 is 1.20 bits per heavy atom. The second-order valence-electron chi connectivity index (χ2n) is 7.27. The van der Waals surface area contributed by atoms with E-state index in [0.717, 1.165) is 12.8 Å². The molecule has 1 aliphatic heterocycles. The number of hydrogen-bond donors (Lipinski definition) is 2. The summed E-state index contributed by atoms with van der Waals surface area (Å²) in [5.74, 6) is 1.09. The van der Waals surface area contributed by atoms with Gasteiger partial charge in [0.05, 0.1) is 18.0 Å². The fourth-order valence-corrected chi connectivity index (χ4v) is 3.88. The number of imide groups is 1. The molecular formula is C19H21N5O5S. The lowest BCUT2D eigenvalue weighted by atomic mass is 10.3. The van der Waals surface area contributed by atoms with E-state index in [9.17, 15) is 18.0 Å². The van der Waals surface area contributed by atoms with Gasteiger partial charge in [0.15, 0.2) is 0 Å². The second-order valence-corrected chi connectivity index (χ2v) is 9.04. The van der Waals surface area contributed by atoms with Crippen molar-refractivity contribution >= 4 is 22.0 Å². The number of nitrogens with one attached hydrogen (secondary N) is 2. The highest BCUT2D eigenvalue weighted by Crippen LogP contribution is 2.30. The molecule has 0 atom stereocenters. The average molecular weight is 431 g/mol. The zero-order valence-electron chi connectivity index (χ0n) is 16.1. The van der Waals surface area contributed by atoms with Crippen molar-refractivity contribution in [1.29, 1.82) is 0 Å². The third-order valence-corrected chi connectivity index (χ3v) is 6.12. The van der Waals surface area contributed by atoms with Gasteiger partial charge in [0.1, 0.15) is 18.1 Å². The molecule has 0 radical (unpaired) electrons. The highest BCUT2D eigenvalue weighted by molar-refractivity contribution is 7.89. The molecule has 0 bridgehead atoms. The van der Waals surface area contributed by atoms with Crippen molar-refractivity contribution in [2.24, 2.45) is 5.92 Å². The lowest BCUT2D eigenvalue weighted by Gasteiger charge is -2.12. The summed E-state index contributed by atoms with van der Waals surface area (Å²) < 4.78 is 33.3. The van der Waals surface area contributed by atoms with Crippen molar-refractivity contribution in [3.63, 3.8) is 0 Å². The number of carbonyl (C=O) groups excluding carboxylic acids is 2. The molecule has 2 N–H and O–H groups in total. The number of nitrogens with zero attached hydrogens (tertiary/aromatic N) is 3. The van der Waals surface area contributed by atoms with Gasteiger partial charge in [-0.25, -0.2) is 27.9 Å². The number of sulfonamides is 1. The summed E-state index contributed by atoms with van der Waals surface area (Å²) in [5, 5.41) is 2.18. The number of urea groups is 1. The van der Waals surface area contributed by atoms with Crippen LogP contribution in [0.25, 0.3) is 0 Å². The topological polar surface area (TPSA) is 131 Å². The van der Waals surface area contributed by atoms with E-state index in [0.29, 0.717) is 29.7 Å². The predicted molar refractivity (Wildman–Crippen MR) is 105 cm³/mol. The number of aromatic nitrogens is 2.